The molecule has 1 aromatic rings. The first kappa shape index (κ1) is 24.3. The SMILES string of the molecule is CCc1cc(OC(F)(F)F)cc2c1OC(C(F)(F)F)C(C(=O)OCON=[N+]([O-])N1CCC1)=C2. The molecular weight excluding hydrogens is 468 g/mol. The molecule has 0 saturated carbocycles. The lowest BCUT2D eigenvalue weighted by Gasteiger charge is -2.29. The van der Waals surface area contributed by atoms with E-state index in [1.807, 2.05) is 0 Å². The molecule has 2 heterocycles. The van der Waals surface area contributed by atoms with Crippen LogP contribution in [-0.4, -0.2) is 54.5 Å². The minimum Gasteiger partial charge on any atom is -0.569 e. The van der Waals surface area contributed by atoms with Crippen LogP contribution >= 0.6 is 0 Å². The van der Waals surface area contributed by atoms with Crippen molar-refractivity contribution in [1.82, 2.24) is 5.01 Å². The molecule has 1 aromatic carbocycles. The molecule has 182 valence electrons. The normalized spacial score (nSPS) is 18.5. The summed E-state index contributed by atoms with van der Waals surface area (Å²) in [6.45, 7) is 1.38. The lowest BCUT2D eigenvalue weighted by Crippen LogP contribution is -2.42. The van der Waals surface area contributed by atoms with Gasteiger partial charge in [-0.3, -0.25) is 0 Å². The second-order valence-electron chi connectivity index (χ2n) is 6.86. The van der Waals surface area contributed by atoms with Crippen LogP contribution in [0.1, 0.15) is 24.5 Å². The van der Waals surface area contributed by atoms with Gasteiger partial charge in [0.1, 0.15) is 11.5 Å². The molecule has 0 radical (unpaired) electrons. The number of esters is 1. The summed E-state index contributed by atoms with van der Waals surface area (Å²) < 4.78 is 91.9. The standard InChI is InChI=1S/C18H17F6N3O6/c1-2-10-6-12(33-18(22,23)24)7-11-8-13(15(17(19,20)21)32-14(10)11)16(28)30-9-31-25-27(29)26-4-3-5-26/h6-8,15H,2-5,9H2,1H3. The maximum atomic E-state index is 13.6. The van der Waals surface area contributed by atoms with Gasteiger partial charge in [-0.05, 0) is 36.6 Å². The number of carbonyl (C=O) groups is 1. The van der Waals surface area contributed by atoms with Crippen molar-refractivity contribution in [2.24, 2.45) is 5.28 Å². The third kappa shape index (κ3) is 5.90. The van der Waals surface area contributed by atoms with E-state index >= 15 is 0 Å². The molecule has 1 unspecified atom stereocenters. The van der Waals surface area contributed by atoms with Crippen molar-refractivity contribution in [1.29, 1.82) is 0 Å². The number of benzene rings is 1. The number of nitrogens with zero attached hydrogens (tertiary/aromatic N) is 3. The molecule has 33 heavy (non-hydrogen) atoms. The molecule has 3 rings (SSSR count). The third-order valence-electron chi connectivity index (χ3n) is 4.59. The smallest absolute Gasteiger partial charge is 0.569 e. The molecule has 0 N–H and O–H groups in total. The number of ether oxygens (including phenoxy) is 3. The summed E-state index contributed by atoms with van der Waals surface area (Å²) in [6.07, 6.45) is -11.3. The zero-order chi connectivity index (χ0) is 24.4. The van der Waals surface area contributed by atoms with E-state index in [2.05, 4.69) is 19.6 Å². The molecule has 1 atom stereocenters. The van der Waals surface area contributed by atoms with E-state index in [1.54, 1.807) is 0 Å². The summed E-state index contributed by atoms with van der Waals surface area (Å²) in [4.78, 5) is 16.8. The highest BCUT2D eigenvalue weighted by molar-refractivity contribution is 5.96. The summed E-state index contributed by atoms with van der Waals surface area (Å²) in [5, 5.41) is 15.7. The van der Waals surface area contributed by atoms with Crippen LogP contribution in [0.15, 0.2) is 23.0 Å². The van der Waals surface area contributed by atoms with Crippen molar-refractivity contribution in [2.75, 3.05) is 19.9 Å². The molecule has 1 saturated heterocycles. The van der Waals surface area contributed by atoms with Crippen LogP contribution < -0.4 is 9.47 Å². The summed E-state index contributed by atoms with van der Waals surface area (Å²) in [6, 6.07) is 1.69. The fourth-order valence-electron chi connectivity index (χ4n) is 2.98. The van der Waals surface area contributed by atoms with Gasteiger partial charge in [0.15, 0.2) is 0 Å². The van der Waals surface area contributed by atoms with E-state index in [0.717, 1.165) is 18.6 Å². The Morgan fingerprint density at radius 1 is 1.27 bits per heavy atom. The first-order chi connectivity index (χ1) is 15.4. The van der Waals surface area contributed by atoms with E-state index in [9.17, 15) is 36.3 Å². The largest absolute Gasteiger partial charge is 0.573 e. The van der Waals surface area contributed by atoms with Gasteiger partial charge in [0.2, 0.25) is 11.4 Å². The molecule has 2 aliphatic heterocycles. The van der Waals surface area contributed by atoms with Gasteiger partial charge in [0, 0.05) is 5.56 Å². The highest BCUT2D eigenvalue weighted by Gasteiger charge is 2.49. The molecule has 0 spiro atoms. The summed E-state index contributed by atoms with van der Waals surface area (Å²) in [5.74, 6) is -2.56. The highest BCUT2D eigenvalue weighted by Crippen LogP contribution is 2.42. The average Bonchev–Trinajstić information content (AvgIpc) is 2.66. The second kappa shape index (κ2) is 9.23. The monoisotopic (exact) mass is 485 g/mol. The molecule has 1 fully saturated rings. The number of alkyl halides is 6. The summed E-state index contributed by atoms with van der Waals surface area (Å²) >= 11 is 0. The summed E-state index contributed by atoms with van der Waals surface area (Å²) in [5.41, 5.74) is -1.27. The lowest BCUT2D eigenvalue weighted by molar-refractivity contribution is -0.723. The number of hydrogen-bond donors (Lipinski definition) is 0. The van der Waals surface area contributed by atoms with Crippen molar-refractivity contribution in [2.45, 2.75) is 38.4 Å². The van der Waals surface area contributed by atoms with Crippen molar-refractivity contribution >= 4 is 12.0 Å². The maximum Gasteiger partial charge on any atom is 0.573 e. The minimum atomic E-state index is -5.05. The fraction of sp³-hybridized carbons (Fsp3) is 0.500. The first-order valence-electron chi connectivity index (χ1n) is 9.49. The van der Waals surface area contributed by atoms with Crippen LogP contribution in [0.5, 0.6) is 11.5 Å². The van der Waals surface area contributed by atoms with Crippen LogP contribution in [0, 0.1) is 5.21 Å². The average molecular weight is 485 g/mol. The quantitative estimate of drug-likeness (QED) is 0.110. The van der Waals surface area contributed by atoms with Crippen LogP contribution in [0.3, 0.4) is 0 Å². The molecule has 9 nitrogen and oxygen atoms in total. The first-order valence-corrected chi connectivity index (χ1v) is 9.49. The van der Waals surface area contributed by atoms with Gasteiger partial charge in [-0.15, -0.1) is 18.2 Å². The number of hydrogen-bond acceptors (Lipinski definition) is 7. The predicted molar refractivity (Wildman–Crippen MR) is 95.2 cm³/mol. The van der Waals surface area contributed by atoms with Crippen molar-refractivity contribution in [3.63, 3.8) is 0 Å². The topological polar surface area (TPSA) is 95.7 Å². The number of halogens is 6. The fourth-order valence-corrected chi connectivity index (χ4v) is 2.98. The van der Waals surface area contributed by atoms with Crippen LogP contribution in [0.2, 0.25) is 0 Å². The Balaban J connectivity index is 1.83. The zero-order valence-electron chi connectivity index (χ0n) is 16.9. The van der Waals surface area contributed by atoms with Gasteiger partial charge in [-0.2, -0.15) is 13.2 Å². The predicted octanol–water partition coefficient (Wildman–Crippen LogP) is 3.87. The number of hydrazine groups is 1. The molecule has 0 bridgehead atoms. The van der Waals surface area contributed by atoms with Gasteiger partial charge < -0.3 is 24.3 Å². The van der Waals surface area contributed by atoms with Crippen molar-refractivity contribution in [3.05, 3.63) is 34.0 Å². The Morgan fingerprint density at radius 3 is 2.52 bits per heavy atom. The Kier molecular flexibility index (Phi) is 6.78. The second-order valence-corrected chi connectivity index (χ2v) is 6.86. The lowest BCUT2D eigenvalue weighted by atomic mass is 9.97. The van der Waals surface area contributed by atoms with Gasteiger partial charge >= 0.3 is 18.5 Å². The molecular formula is C18H17F6N3O6. The Hall–Kier alpha value is -3.39. The molecule has 2 aliphatic rings. The Morgan fingerprint density at radius 2 is 1.97 bits per heavy atom. The van der Waals surface area contributed by atoms with Crippen LogP contribution in [0.4, 0.5) is 26.3 Å². The molecule has 0 aromatic heterocycles. The van der Waals surface area contributed by atoms with Crippen molar-refractivity contribution in [3.8, 4) is 11.5 Å². The Labute approximate surface area is 182 Å². The van der Waals surface area contributed by atoms with E-state index in [-0.39, 0.29) is 28.3 Å². The summed E-state index contributed by atoms with van der Waals surface area (Å²) in [7, 11) is 0. The van der Waals surface area contributed by atoms with E-state index < -0.39 is 42.7 Å². The number of aryl methyl sites for hydroxylation is 1. The zero-order valence-corrected chi connectivity index (χ0v) is 16.9. The third-order valence-corrected chi connectivity index (χ3v) is 4.59. The number of fused-ring (bicyclic) bond motifs is 1. The molecule has 0 amide bonds. The van der Waals surface area contributed by atoms with Gasteiger partial charge in [-0.1, -0.05) is 6.92 Å². The molecule has 0 aliphatic carbocycles. The van der Waals surface area contributed by atoms with Crippen LogP contribution in [-0.2, 0) is 20.8 Å². The van der Waals surface area contributed by atoms with Gasteiger partial charge in [0.05, 0.1) is 23.6 Å². The van der Waals surface area contributed by atoms with E-state index in [4.69, 9.17) is 4.74 Å². The van der Waals surface area contributed by atoms with Crippen LogP contribution in [0.25, 0.3) is 6.08 Å². The molecule has 15 heteroatoms. The van der Waals surface area contributed by atoms with Gasteiger partial charge in [0.25, 0.3) is 6.79 Å². The van der Waals surface area contributed by atoms with E-state index in [0.29, 0.717) is 19.2 Å². The number of carbonyl (C=O) groups excluding carboxylic acids is 1. The number of rotatable bonds is 7. The van der Waals surface area contributed by atoms with Gasteiger partial charge in [-0.25, -0.2) is 4.79 Å². The van der Waals surface area contributed by atoms with E-state index in [1.165, 1.54) is 11.9 Å². The minimum absolute atomic E-state index is 0.00772. The maximum absolute atomic E-state index is 13.6. The highest BCUT2D eigenvalue weighted by atomic mass is 19.4. The van der Waals surface area contributed by atoms with Crippen molar-refractivity contribution < 1.29 is 55.2 Å². The Bertz CT molecular complexity index is 958.